The number of nitrogens with zero attached hydrogens (tertiary/aromatic N) is 1. The van der Waals surface area contributed by atoms with Gasteiger partial charge < -0.3 is 10.1 Å². The van der Waals surface area contributed by atoms with Crippen molar-refractivity contribution in [3.63, 3.8) is 0 Å². The summed E-state index contributed by atoms with van der Waals surface area (Å²) in [6.07, 6.45) is 0.106. The third-order valence-electron chi connectivity index (χ3n) is 3.64. The zero-order valence-electron chi connectivity index (χ0n) is 15.3. The standard InChI is InChI=1S/C20H22ClN3O3/c1-3-27-18-10-8-17(9-11-18)22-19(25)12-13-20(26)24-23-14(2)15-4-6-16(21)7-5-15/h4-11H,3,12-13H2,1-2H3,(H,22,25)(H,24,26). The van der Waals surface area contributed by atoms with Gasteiger partial charge in [-0.2, -0.15) is 5.10 Å². The molecule has 0 aliphatic heterocycles. The number of nitrogens with one attached hydrogen (secondary N) is 2. The van der Waals surface area contributed by atoms with Crippen LogP contribution in [0.3, 0.4) is 0 Å². The van der Waals surface area contributed by atoms with E-state index in [1.54, 1.807) is 43.3 Å². The molecule has 0 heterocycles. The van der Waals surface area contributed by atoms with Crippen molar-refractivity contribution in [2.45, 2.75) is 26.7 Å². The number of carbonyl (C=O) groups is 2. The van der Waals surface area contributed by atoms with Crippen LogP contribution in [0.25, 0.3) is 0 Å². The van der Waals surface area contributed by atoms with Crippen molar-refractivity contribution in [2.75, 3.05) is 11.9 Å². The van der Waals surface area contributed by atoms with E-state index in [1.165, 1.54) is 0 Å². The summed E-state index contributed by atoms with van der Waals surface area (Å²) < 4.78 is 5.34. The minimum atomic E-state index is -0.329. The van der Waals surface area contributed by atoms with Gasteiger partial charge in [0.15, 0.2) is 0 Å². The third-order valence-corrected chi connectivity index (χ3v) is 3.89. The Morgan fingerprint density at radius 1 is 1.00 bits per heavy atom. The minimum Gasteiger partial charge on any atom is -0.494 e. The first-order valence-electron chi connectivity index (χ1n) is 8.59. The second kappa shape index (κ2) is 10.3. The van der Waals surface area contributed by atoms with E-state index in [4.69, 9.17) is 16.3 Å². The van der Waals surface area contributed by atoms with Crippen LogP contribution in [0.15, 0.2) is 53.6 Å². The molecule has 2 aromatic carbocycles. The fourth-order valence-electron chi connectivity index (χ4n) is 2.21. The van der Waals surface area contributed by atoms with Gasteiger partial charge in [-0.15, -0.1) is 0 Å². The average molecular weight is 388 g/mol. The summed E-state index contributed by atoms with van der Waals surface area (Å²) in [7, 11) is 0. The molecule has 7 heteroatoms. The van der Waals surface area contributed by atoms with Gasteiger partial charge >= 0.3 is 0 Å². The number of anilines is 1. The van der Waals surface area contributed by atoms with E-state index < -0.39 is 0 Å². The molecule has 2 rings (SSSR count). The summed E-state index contributed by atoms with van der Waals surface area (Å²) in [4.78, 5) is 23.8. The molecule has 0 radical (unpaired) electrons. The summed E-state index contributed by atoms with van der Waals surface area (Å²) in [6, 6.07) is 14.2. The van der Waals surface area contributed by atoms with Gasteiger partial charge in [-0.3, -0.25) is 9.59 Å². The van der Waals surface area contributed by atoms with Gasteiger partial charge in [0.1, 0.15) is 5.75 Å². The third kappa shape index (κ3) is 7.11. The van der Waals surface area contributed by atoms with Gasteiger partial charge in [0.05, 0.1) is 12.3 Å². The molecule has 0 atom stereocenters. The van der Waals surface area contributed by atoms with E-state index in [1.807, 2.05) is 19.1 Å². The molecule has 0 aliphatic rings. The summed E-state index contributed by atoms with van der Waals surface area (Å²) in [5, 5.41) is 7.41. The molecule has 0 aliphatic carbocycles. The van der Waals surface area contributed by atoms with Crippen molar-refractivity contribution in [3.05, 3.63) is 59.1 Å². The van der Waals surface area contributed by atoms with E-state index in [0.717, 1.165) is 11.3 Å². The smallest absolute Gasteiger partial charge is 0.240 e. The Hall–Kier alpha value is -2.86. The summed E-state index contributed by atoms with van der Waals surface area (Å²) in [5.74, 6) is 0.168. The van der Waals surface area contributed by atoms with Crippen molar-refractivity contribution in [1.29, 1.82) is 0 Å². The molecule has 2 amide bonds. The number of hydrogen-bond donors (Lipinski definition) is 2. The van der Waals surface area contributed by atoms with E-state index in [0.29, 0.717) is 23.0 Å². The molecule has 0 saturated heterocycles. The summed E-state index contributed by atoms with van der Waals surface area (Å²) >= 11 is 5.84. The van der Waals surface area contributed by atoms with E-state index in [-0.39, 0.29) is 24.7 Å². The zero-order valence-corrected chi connectivity index (χ0v) is 16.0. The first kappa shape index (κ1) is 20.5. The minimum absolute atomic E-state index is 0.0419. The Kier molecular flexibility index (Phi) is 7.82. The quantitative estimate of drug-likeness (QED) is 0.530. The predicted octanol–water partition coefficient (Wildman–Crippen LogP) is 4.00. The van der Waals surface area contributed by atoms with Gasteiger partial charge in [0.2, 0.25) is 11.8 Å². The lowest BCUT2D eigenvalue weighted by Crippen LogP contribution is -2.21. The second-order valence-corrected chi connectivity index (χ2v) is 6.18. The first-order valence-corrected chi connectivity index (χ1v) is 8.97. The van der Waals surface area contributed by atoms with Gasteiger partial charge in [-0.05, 0) is 55.8 Å². The van der Waals surface area contributed by atoms with E-state index >= 15 is 0 Å². The SMILES string of the molecule is CCOc1ccc(NC(=O)CCC(=O)NN=C(C)c2ccc(Cl)cc2)cc1. The van der Waals surface area contributed by atoms with Crippen LogP contribution in [0.5, 0.6) is 5.75 Å². The van der Waals surface area contributed by atoms with Crippen molar-refractivity contribution < 1.29 is 14.3 Å². The van der Waals surface area contributed by atoms with Gasteiger partial charge in [-0.25, -0.2) is 5.43 Å². The molecule has 0 saturated carbocycles. The highest BCUT2D eigenvalue weighted by atomic mass is 35.5. The highest BCUT2D eigenvalue weighted by Gasteiger charge is 2.07. The van der Waals surface area contributed by atoms with Crippen LogP contribution in [0.1, 0.15) is 32.3 Å². The number of rotatable bonds is 8. The maximum absolute atomic E-state index is 11.9. The number of hydrogen-bond acceptors (Lipinski definition) is 4. The number of hydrazone groups is 1. The predicted molar refractivity (Wildman–Crippen MR) is 107 cm³/mol. The molecule has 0 bridgehead atoms. The molecule has 2 aromatic rings. The topological polar surface area (TPSA) is 79.8 Å². The molecular formula is C20H22ClN3O3. The maximum atomic E-state index is 11.9. The average Bonchev–Trinajstić information content (AvgIpc) is 2.67. The molecule has 0 spiro atoms. The number of carbonyl (C=O) groups excluding carboxylic acids is 2. The Balaban J connectivity index is 1.76. The van der Waals surface area contributed by atoms with Gasteiger partial charge in [-0.1, -0.05) is 23.7 Å². The lowest BCUT2D eigenvalue weighted by Gasteiger charge is -2.07. The number of ether oxygens (including phenoxy) is 1. The Labute approximate surface area is 163 Å². The van der Waals surface area contributed by atoms with Crippen LogP contribution in [-0.2, 0) is 9.59 Å². The van der Waals surface area contributed by atoms with Crippen LogP contribution < -0.4 is 15.5 Å². The van der Waals surface area contributed by atoms with Crippen LogP contribution >= 0.6 is 11.6 Å². The van der Waals surface area contributed by atoms with Crippen molar-refractivity contribution >= 4 is 34.8 Å². The number of halogens is 1. The molecule has 6 nitrogen and oxygen atoms in total. The van der Waals surface area contributed by atoms with Crippen molar-refractivity contribution in [1.82, 2.24) is 5.43 Å². The molecule has 0 fully saturated rings. The number of amides is 2. The van der Waals surface area contributed by atoms with E-state index in [2.05, 4.69) is 15.8 Å². The Bertz CT molecular complexity index is 802. The monoisotopic (exact) mass is 387 g/mol. The Morgan fingerprint density at radius 3 is 2.26 bits per heavy atom. The van der Waals surface area contributed by atoms with Crippen LogP contribution in [0.4, 0.5) is 5.69 Å². The van der Waals surface area contributed by atoms with Gasteiger partial charge in [0.25, 0.3) is 0 Å². The second-order valence-electron chi connectivity index (χ2n) is 5.74. The highest BCUT2D eigenvalue weighted by molar-refractivity contribution is 6.30. The zero-order chi connectivity index (χ0) is 19.6. The first-order chi connectivity index (χ1) is 13.0. The molecule has 2 N–H and O–H groups in total. The largest absolute Gasteiger partial charge is 0.494 e. The van der Waals surface area contributed by atoms with Crippen LogP contribution in [0.2, 0.25) is 5.02 Å². The maximum Gasteiger partial charge on any atom is 0.240 e. The lowest BCUT2D eigenvalue weighted by molar-refractivity contribution is -0.124. The van der Waals surface area contributed by atoms with E-state index in [9.17, 15) is 9.59 Å². The lowest BCUT2D eigenvalue weighted by atomic mass is 10.1. The molecular weight excluding hydrogens is 366 g/mol. The molecule has 0 unspecified atom stereocenters. The normalized spacial score (nSPS) is 11.0. The fraction of sp³-hybridized carbons (Fsp3) is 0.250. The Morgan fingerprint density at radius 2 is 1.63 bits per heavy atom. The van der Waals surface area contributed by atoms with Crippen LogP contribution in [0, 0.1) is 0 Å². The highest BCUT2D eigenvalue weighted by Crippen LogP contribution is 2.16. The van der Waals surface area contributed by atoms with Crippen molar-refractivity contribution in [2.24, 2.45) is 5.10 Å². The molecule has 27 heavy (non-hydrogen) atoms. The summed E-state index contributed by atoms with van der Waals surface area (Å²) in [5.41, 5.74) is 4.62. The fourth-order valence-corrected chi connectivity index (χ4v) is 2.34. The van der Waals surface area contributed by atoms with Crippen LogP contribution in [-0.4, -0.2) is 24.1 Å². The number of benzene rings is 2. The van der Waals surface area contributed by atoms with Crippen molar-refractivity contribution in [3.8, 4) is 5.75 Å². The summed E-state index contributed by atoms with van der Waals surface area (Å²) in [6.45, 7) is 4.27. The van der Waals surface area contributed by atoms with Gasteiger partial charge in [0, 0.05) is 23.6 Å². The molecule has 0 aromatic heterocycles. The molecule has 142 valence electrons.